The second-order valence-corrected chi connectivity index (χ2v) is 6.84. The van der Waals surface area contributed by atoms with Crippen LogP contribution in [0, 0.1) is 5.92 Å². The first-order valence-corrected chi connectivity index (χ1v) is 9.14. The van der Waals surface area contributed by atoms with Crippen LogP contribution in [0.3, 0.4) is 0 Å². The van der Waals surface area contributed by atoms with Gasteiger partial charge in [-0.3, -0.25) is 9.59 Å². The Balaban J connectivity index is 1.44. The number of hydrogen-bond donors (Lipinski definition) is 3. The van der Waals surface area contributed by atoms with Crippen LogP contribution in [-0.2, 0) is 11.3 Å². The van der Waals surface area contributed by atoms with Gasteiger partial charge in [0.25, 0.3) is 5.91 Å². The Morgan fingerprint density at radius 3 is 2.54 bits per heavy atom. The number of carbonyl (C=O) groups excluding carboxylic acids is 2. The molecule has 0 bridgehead atoms. The molecule has 1 fully saturated rings. The Labute approximate surface area is 158 Å². The molecule has 2 aromatic rings. The van der Waals surface area contributed by atoms with Crippen molar-refractivity contribution >= 4 is 29.1 Å². The second-order valence-electron chi connectivity index (χ2n) is 6.40. The second kappa shape index (κ2) is 8.83. The highest BCUT2D eigenvalue weighted by molar-refractivity contribution is 6.30. The molecule has 2 aromatic carbocycles. The fourth-order valence-corrected chi connectivity index (χ4v) is 2.69. The summed E-state index contributed by atoms with van der Waals surface area (Å²) in [5.41, 5.74) is 2.36. The largest absolute Gasteiger partial charge is 0.355 e. The van der Waals surface area contributed by atoms with Crippen molar-refractivity contribution in [1.29, 1.82) is 0 Å². The van der Waals surface area contributed by atoms with Gasteiger partial charge >= 0.3 is 0 Å². The van der Waals surface area contributed by atoms with Crippen molar-refractivity contribution in [2.75, 3.05) is 18.4 Å². The number of halogens is 1. The molecule has 0 atom stereocenters. The van der Waals surface area contributed by atoms with E-state index in [1.165, 1.54) is 0 Å². The van der Waals surface area contributed by atoms with Crippen molar-refractivity contribution < 1.29 is 9.59 Å². The molecule has 0 saturated heterocycles. The van der Waals surface area contributed by atoms with E-state index in [9.17, 15) is 9.59 Å². The number of rotatable bonds is 8. The molecule has 0 aliphatic heterocycles. The quantitative estimate of drug-likeness (QED) is 0.624. The summed E-state index contributed by atoms with van der Waals surface area (Å²) in [6, 6.07) is 14.5. The lowest BCUT2D eigenvalue weighted by molar-refractivity contribution is -0.122. The third kappa shape index (κ3) is 5.58. The van der Waals surface area contributed by atoms with Gasteiger partial charge in [0.1, 0.15) is 0 Å². The lowest BCUT2D eigenvalue weighted by Crippen LogP contribution is -2.32. The minimum atomic E-state index is -0.172. The Morgan fingerprint density at radius 2 is 1.81 bits per heavy atom. The fraction of sp³-hybridized carbons (Fsp3) is 0.300. The summed E-state index contributed by atoms with van der Waals surface area (Å²) < 4.78 is 0. The number of anilines is 1. The standard InChI is InChI=1S/C20H22ClN3O2/c21-17-8-6-16(7-9-17)20(26)24-18-3-1-2-14(12-18)13-22-10-11-23-19(25)15-4-5-15/h1-3,6-9,12,15,22H,4-5,10-11,13H2,(H,23,25)(H,24,26). The van der Waals surface area contributed by atoms with Crippen LogP contribution < -0.4 is 16.0 Å². The Hall–Kier alpha value is -2.37. The number of benzene rings is 2. The van der Waals surface area contributed by atoms with Gasteiger partial charge in [-0.05, 0) is 54.8 Å². The third-order valence-corrected chi connectivity index (χ3v) is 4.42. The molecule has 0 heterocycles. The van der Waals surface area contributed by atoms with E-state index >= 15 is 0 Å². The van der Waals surface area contributed by atoms with Crippen LogP contribution >= 0.6 is 11.6 Å². The minimum Gasteiger partial charge on any atom is -0.355 e. The highest BCUT2D eigenvalue weighted by Gasteiger charge is 2.28. The summed E-state index contributed by atoms with van der Waals surface area (Å²) in [5.74, 6) is 0.240. The van der Waals surface area contributed by atoms with Crippen LogP contribution in [0.15, 0.2) is 48.5 Å². The van der Waals surface area contributed by atoms with Gasteiger partial charge in [0.05, 0.1) is 0 Å². The zero-order valence-corrected chi connectivity index (χ0v) is 15.2. The van der Waals surface area contributed by atoms with E-state index in [-0.39, 0.29) is 17.7 Å². The van der Waals surface area contributed by atoms with E-state index in [1.807, 2.05) is 24.3 Å². The monoisotopic (exact) mass is 371 g/mol. The summed E-state index contributed by atoms with van der Waals surface area (Å²) in [6.45, 7) is 2.01. The SMILES string of the molecule is O=C(Nc1cccc(CNCCNC(=O)C2CC2)c1)c1ccc(Cl)cc1. The predicted molar refractivity (Wildman–Crippen MR) is 103 cm³/mol. The van der Waals surface area contributed by atoms with Gasteiger partial charge < -0.3 is 16.0 Å². The molecule has 1 saturated carbocycles. The summed E-state index contributed by atoms with van der Waals surface area (Å²) in [6.07, 6.45) is 2.04. The van der Waals surface area contributed by atoms with Crippen molar-refractivity contribution in [3.05, 3.63) is 64.7 Å². The maximum Gasteiger partial charge on any atom is 0.255 e. The topological polar surface area (TPSA) is 70.2 Å². The third-order valence-electron chi connectivity index (χ3n) is 4.17. The molecular formula is C20H22ClN3O2. The Morgan fingerprint density at radius 1 is 1.04 bits per heavy atom. The summed E-state index contributed by atoms with van der Waals surface area (Å²) in [4.78, 5) is 23.8. The van der Waals surface area contributed by atoms with Crippen LogP contribution in [0.4, 0.5) is 5.69 Å². The first-order valence-electron chi connectivity index (χ1n) is 8.76. The molecule has 26 heavy (non-hydrogen) atoms. The maximum atomic E-state index is 12.2. The van der Waals surface area contributed by atoms with Crippen molar-refractivity contribution in [3.63, 3.8) is 0 Å². The van der Waals surface area contributed by atoms with Gasteiger partial charge in [0.15, 0.2) is 0 Å². The van der Waals surface area contributed by atoms with Gasteiger partial charge in [-0.25, -0.2) is 0 Å². The fourth-order valence-electron chi connectivity index (χ4n) is 2.56. The van der Waals surface area contributed by atoms with Gasteiger partial charge in [0.2, 0.25) is 5.91 Å². The van der Waals surface area contributed by atoms with Crippen molar-refractivity contribution in [2.24, 2.45) is 5.92 Å². The summed E-state index contributed by atoms with van der Waals surface area (Å²) >= 11 is 5.84. The van der Waals surface area contributed by atoms with Crippen LogP contribution in [0.2, 0.25) is 5.02 Å². The molecule has 2 amide bonds. The van der Waals surface area contributed by atoms with E-state index < -0.39 is 0 Å². The van der Waals surface area contributed by atoms with Crippen LogP contribution in [0.1, 0.15) is 28.8 Å². The first kappa shape index (κ1) is 18.4. The molecule has 0 spiro atoms. The van der Waals surface area contributed by atoms with Crippen molar-refractivity contribution in [2.45, 2.75) is 19.4 Å². The lowest BCUT2D eigenvalue weighted by Gasteiger charge is -2.09. The first-order chi connectivity index (χ1) is 12.6. The van der Waals surface area contributed by atoms with E-state index in [1.54, 1.807) is 24.3 Å². The molecule has 3 rings (SSSR count). The average Bonchev–Trinajstić information content (AvgIpc) is 3.47. The highest BCUT2D eigenvalue weighted by Crippen LogP contribution is 2.28. The predicted octanol–water partition coefficient (Wildman–Crippen LogP) is 3.21. The molecule has 5 nitrogen and oxygen atoms in total. The molecule has 136 valence electrons. The van der Waals surface area contributed by atoms with Crippen LogP contribution in [-0.4, -0.2) is 24.9 Å². The summed E-state index contributed by atoms with van der Waals surface area (Å²) in [7, 11) is 0. The maximum absolute atomic E-state index is 12.2. The van der Waals surface area contributed by atoms with Crippen LogP contribution in [0.5, 0.6) is 0 Å². The molecule has 1 aliphatic carbocycles. The normalized spacial score (nSPS) is 13.3. The highest BCUT2D eigenvalue weighted by atomic mass is 35.5. The van der Waals surface area contributed by atoms with Crippen molar-refractivity contribution in [3.8, 4) is 0 Å². The Bertz CT molecular complexity index is 773. The molecule has 0 aromatic heterocycles. The zero-order valence-electron chi connectivity index (χ0n) is 14.4. The van der Waals surface area contributed by atoms with E-state index in [2.05, 4.69) is 16.0 Å². The van der Waals surface area contributed by atoms with Gasteiger partial charge in [-0.15, -0.1) is 0 Å². The number of nitrogens with one attached hydrogen (secondary N) is 3. The molecule has 3 N–H and O–H groups in total. The van der Waals surface area contributed by atoms with Gasteiger partial charge in [-0.1, -0.05) is 23.7 Å². The zero-order chi connectivity index (χ0) is 18.4. The number of carbonyl (C=O) groups is 2. The minimum absolute atomic E-state index is 0.165. The van der Waals surface area contributed by atoms with Gasteiger partial charge in [0, 0.05) is 41.8 Å². The smallest absolute Gasteiger partial charge is 0.255 e. The van der Waals surface area contributed by atoms with Crippen LogP contribution in [0.25, 0.3) is 0 Å². The van der Waals surface area contributed by atoms with Crippen molar-refractivity contribution in [1.82, 2.24) is 10.6 Å². The molecule has 0 radical (unpaired) electrons. The molecule has 0 unspecified atom stereocenters. The van der Waals surface area contributed by atoms with E-state index in [0.29, 0.717) is 30.2 Å². The van der Waals surface area contributed by atoms with E-state index in [0.717, 1.165) is 24.1 Å². The molecular weight excluding hydrogens is 350 g/mol. The molecule has 1 aliphatic rings. The average molecular weight is 372 g/mol. The molecule has 6 heteroatoms. The summed E-state index contributed by atoms with van der Waals surface area (Å²) in [5, 5.41) is 9.70. The lowest BCUT2D eigenvalue weighted by atomic mass is 10.1. The van der Waals surface area contributed by atoms with Gasteiger partial charge in [-0.2, -0.15) is 0 Å². The Kier molecular flexibility index (Phi) is 6.26. The number of hydrogen-bond acceptors (Lipinski definition) is 3. The van der Waals surface area contributed by atoms with E-state index in [4.69, 9.17) is 11.6 Å². The number of amides is 2.